The molecule has 174 valence electrons. The van der Waals surface area contributed by atoms with Crippen LogP contribution in [0.4, 0.5) is 19.0 Å². The zero-order chi connectivity index (χ0) is 23.6. The summed E-state index contributed by atoms with van der Waals surface area (Å²) in [5.41, 5.74) is 0.951. The Balaban J connectivity index is 1.34. The van der Waals surface area contributed by atoms with Crippen LogP contribution in [-0.4, -0.2) is 67.9 Å². The van der Waals surface area contributed by atoms with Gasteiger partial charge in [0.1, 0.15) is 5.82 Å². The van der Waals surface area contributed by atoms with E-state index in [9.17, 15) is 18.0 Å². The van der Waals surface area contributed by atoms with Gasteiger partial charge in [-0.15, -0.1) is 5.10 Å². The lowest BCUT2D eigenvalue weighted by Gasteiger charge is -2.35. The van der Waals surface area contributed by atoms with Gasteiger partial charge in [0.25, 0.3) is 0 Å². The number of benzene rings is 1. The van der Waals surface area contributed by atoms with Crippen LogP contribution < -0.4 is 4.90 Å². The first-order chi connectivity index (χ1) is 15.7. The second kappa shape index (κ2) is 9.56. The third-order valence-corrected chi connectivity index (χ3v) is 6.37. The van der Waals surface area contributed by atoms with Gasteiger partial charge in [-0.2, -0.15) is 17.9 Å². The summed E-state index contributed by atoms with van der Waals surface area (Å²) in [5.74, 6) is 0.361. The van der Waals surface area contributed by atoms with Gasteiger partial charge in [0.15, 0.2) is 0 Å². The molecule has 13 heteroatoms. The van der Waals surface area contributed by atoms with Crippen LogP contribution in [0.1, 0.15) is 11.1 Å². The van der Waals surface area contributed by atoms with E-state index in [1.54, 1.807) is 14.5 Å². The molecule has 2 aromatic heterocycles. The maximum atomic E-state index is 12.8. The number of aryl methyl sites for hydroxylation is 1. The summed E-state index contributed by atoms with van der Waals surface area (Å²) in [7, 11) is 0. The second-order valence-electron chi connectivity index (χ2n) is 7.34. The zero-order valence-electron chi connectivity index (χ0n) is 17.5. The smallest absolute Gasteiger partial charge is 0.352 e. The molecule has 4 rings (SSSR count). The maximum absolute atomic E-state index is 12.8. The summed E-state index contributed by atoms with van der Waals surface area (Å²) in [6, 6.07) is 8.54. The lowest BCUT2D eigenvalue weighted by atomic mass is 10.2. The van der Waals surface area contributed by atoms with Gasteiger partial charge in [0, 0.05) is 32.4 Å². The quantitative estimate of drug-likeness (QED) is 0.499. The molecule has 8 nitrogen and oxygen atoms in total. The van der Waals surface area contributed by atoms with Crippen LogP contribution in [0.2, 0.25) is 5.02 Å². The monoisotopic (exact) mass is 497 g/mol. The Morgan fingerprint density at radius 2 is 1.91 bits per heavy atom. The summed E-state index contributed by atoms with van der Waals surface area (Å²) < 4.78 is 40.1. The number of pyridine rings is 1. The van der Waals surface area contributed by atoms with E-state index in [2.05, 4.69) is 20.5 Å². The topological polar surface area (TPSA) is 80.0 Å². The van der Waals surface area contributed by atoms with Crippen molar-refractivity contribution in [2.75, 3.05) is 36.8 Å². The molecule has 3 heterocycles. The molecule has 33 heavy (non-hydrogen) atoms. The van der Waals surface area contributed by atoms with Gasteiger partial charge in [0.05, 0.1) is 22.0 Å². The van der Waals surface area contributed by atoms with E-state index in [0.717, 1.165) is 23.5 Å². The molecule has 1 aromatic carbocycles. The average molecular weight is 498 g/mol. The van der Waals surface area contributed by atoms with Crippen molar-refractivity contribution in [2.45, 2.75) is 18.3 Å². The number of halogens is 4. The van der Waals surface area contributed by atoms with E-state index >= 15 is 0 Å². The molecule has 3 aromatic rings. The Kier molecular flexibility index (Phi) is 6.75. The second-order valence-corrected chi connectivity index (χ2v) is 8.69. The molecule has 1 aliphatic heterocycles. The van der Waals surface area contributed by atoms with Crippen LogP contribution in [0.15, 0.2) is 41.7 Å². The number of nitrogens with zero attached hydrogens (tertiary/aromatic N) is 7. The highest BCUT2D eigenvalue weighted by atomic mass is 35.5. The standard InChI is InChI=1S/C20H19ClF3N7OS/c1-13-4-2-3-5-16(13)31-19(26-27-28-31)33-12-17(32)29-6-8-30(9-7-29)18-15(21)10-14(11-25-18)20(22,23)24/h2-5,10-11H,6-9,12H2,1H3. The number of alkyl halides is 3. The van der Waals surface area contributed by atoms with E-state index in [0.29, 0.717) is 31.3 Å². The molecule has 1 fully saturated rings. The first-order valence-corrected chi connectivity index (χ1v) is 11.3. The minimum absolute atomic E-state index is 0.0665. The Morgan fingerprint density at radius 1 is 1.18 bits per heavy atom. The van der Waals surface area contributed by atoms with E-state index in [1.165, 1.54) is 11.8 Å². The lowest BCUT2D eigenvalue weighted by Crippen LogP contribution is -2.49. The number of tetrazole rings is 1. The molecule has 0 spiro atoms. The molecule has 0 N–H and O–H groups in total. The Labute approximate surface area is 196 Å². The summed E-state index contributed by atoms with van der Waals surface area (Å²) in [6.45, 7) is 3.58. The highest BCUT2D eigenvalue weighted by Crippen LogP contribution is 2.33. The van der Waals surface area contributed by atoms with E-state index in [1.807, 2.05) is 31.2 Å². The van der Waals surface area contributed by atoms with Crippen LogP contribution >= 0.6 is 23.4 Å². The molecule has 0 saturated carbocycles. The van der Waals surface area contributed by atoms with Crippen molar-refractivity contribution in [3.05, 3.63) is 52.7 Å². The highest BCUT2D eigenvalue weighted by molar-refractivity contribution is 7.99. The van der Waals surface area contributed by atoms with Gasteiger partial charge in [-0.05, 0) is 35.0 Å². The Hall–Kier alpha value is -2.86. The van der Waals surface area contributed by atoms with Gasteiger partial charge in [-0.25, -0.2) is 4.98 Å². The summed E-state index contributed by atoms with van der Waals surface area (Å²) in [4.78, 5) is 20.1. The number of thioether (sulfide) groups is 1. The summed E-state index contributed by atoms with van der Waals surface area (Å²) in [5, 5.41) is 12.2. The first-order valence-electron chi connectivity index (χ1n) is 9.96. The molecule has 0 atom stereocenters. The van der Waals surface area contributed by atoms with Gasteiger partial charge in [-0.3, -0.25) is 4.79 Å². The largest absolute Gasteiger partial charge is 0.417 e. The highest BCUT2D eigenvalue weighted by Gasteiger charge is 2.32. The van der Waals surface area contributed by atoms with Crippen molar-refractivity contribution < 1.29 is 18.0 Å². The van der Waals surface area contributed by atoms with E-state index in [4.69, 9.17) is 11.6 Å². The van der Waals surface area contributed by atoms with Crippen LogP contribution in [0.25, 0.3) is 5.69 Å². The van der Waals surface area contributed by atoms with Crippen molar-refractivity contribution in [1.82, 2.24) is 30.1 Å². The number of amides is 1. The number of para-hydroxylation sites is 1. The fourth-order valence-electron chi connectivity index (χ4n) is 3.42. The summed E-state index contributed by atoms with van der Waals surface area (Å²) >= 11 is 7.29. The maximum Gasteiger partial charge on any atom is 0.417 e. The number of piperazine rings is 1. The average Bonchev–Trinajstić information content (AvgIpc) is 3.25. The van der Waals surface area contributed by atoms with Crippen molar-refractivity contribution in [1.29, 1.82) is 0 Å². The fourth-order valence-corrected chi connectivity index (χ4v) is 4.50. The zero-order valence-corrected chi connectivity index (χ0v) is 19.0. The van der Waals surface area contributed by atoms with Crippen LogP contribution in [-0.2, 0) is 11.0 Å². The molecule has 0 unspecified atom stereocenters. The number of hydrogen-bond donors (Lipinski definition) is 0. The molecule has 1 aliphatic rings. The van der Waals surface area contributed by atoms with Crippen molar-refractivity contribution >= 4 is 35.1 Å². The Bertz CT molecular complexity index is 1150. The third-order valence-electron chi connectivity index (χ3n) is 5.19. The van der Waals surface area contributed by atoms with E-state index < -0.39 is 11.7 Å². The van der Waals surface area contributed by atoms with Crippen LogP contribution in [0.3, 0.4) is 0 Å². The molecule has 0 radical (unpaired) electrons. The minimum Gasteiger partial charge on any atom is -0.352 e. The fraction of sp³-hybridized carbons (Fsp3) is 0.350. The molecular formula is C20H19ClF3N7OS. The van der Waals surface area contributed by atoms with Gasteiger partial charge < -0.3 is 9.80 Å². The van der Waals surface area contributed by atoms with Crippen LogP contribution in [0.5, 0.6) is 0 Å². The number of carbonyl (C=O) groups is 1. The van der Waals surface area contributed by atoms with Gasteiger partial charge in [-0.1, -0.05) is 41.6 Å². The molecule has 1 saturated heterocycles. The number of carbonyl (C=O) groups excluding carboxylic acids is 1. The molecule has 0 bridgehead atoms. The number of rotatable bonds is 5. The minimum atomic E-state index is -4.50. The first kappa shape index (κ1) is 23.3. The molecular weight excluding hydrogens is 479 g/mol. The van der Waals surface area contributed by atoms with Crippen molar-refractivity contribution in [3.8, 4) is 5.69 Å². The lowest BCUT2D eigenvalue weighted by molar-refractivity contribution is -0.137. The Morgan fingerprint density at radius 3 is 2.58 bits per heavy atom. The third kappa shape index (κ3) is 5.22. The summed E-state index contributed by atoms with van der Waals surface area (Å²) in [6.07, 6.45) is -3.73. The van der Waals surface area contributed by atoms with Gasteiger partial charge in [0.2, 0.25) is 11.1 Å². The SMILES string of the molecule is Cc1ccccc1-n1nnnc1SCC(=O)N1CCN(c2ncc(C(F)(F)F)cc2Cl)CC1. The number of anilines is 1. The van der Waals surface area contributed by atoms with E-state index in [-0.39, 0.29) is 22.5 Å². The molecule has 1 amide bonds. The number of aromatic nitrogens is 5. The van der Waals surface area contributed by atoms with Gasteiger partial charge >= 0.3 is 6.18 Å². The predicted octanol–water partition coefficient (Wildman–Crippen LogP) is 3.48. The normalized spacial score (nSPS) is 14.6. The van der Waals surface area contributed by atoms with Crippen molar-refractivity contribution in [2.24, 2.45) is 0 Å². The van der Waals surface area contributed by atoms with Crippen LogP contribution in [0, 0.1) is 6.92 Å². The predicted molar refractivity (Wildman–Crippen MR) is 118 cm³/mol. The molecule has 0 aliphatic carbocycles. The van der Waals surface area contributed by atoms with Crippen molar-refractivity contribution in [3.63, 3.8) is 0 Å². The number of hydrogen-bond acceptors (Lipinski definition) is 7.